The largest absolute Gasteiger partial charge is 0.494 e. The molecule has 0 fully saturated rings. The molecule has 0 amide bonds. The van der Waals surface area contributed by atoms with Crippen molar-refractivity contribution in [2.45, 2.75) is 61.2 Å². The summed E-state index contributed by atoms with van der Waals surface area (Å²) in [5, 5.41) is 7.08. The Labute approximate surface area is 199 Å². The Morgan fingerprint density at radius 1 is 0.576 bits per heavy atom. The van der Waals surface area contributed by atoms with Crippen molar-refractivity contribution in [3.8, 4) is 11.5 Å². The molecule has 8 nitrogen and oxygen atoms in total. The van der Waals surface area contributed by atoms with Crippen LogP contribution in [0.15, 0.2) is 68.6 Å². The topological polar surface area (TPSA) is 116 Å². The zero-order valence-electron chi connectivity index (χ0n) is 19.0. The van der Waals surface area contributed by atoms with Crippen LogP contribution in [0.5, 0.6) is 11.5 Å². The van der Waals surface area contributed by atoms with Gasteiger partial charge in [-0.3, -0.25) is 0 Å². The first-order valence-corrected chi connectivity index (χ1v) is 12.3. The number of ether oxygens (including phenoxy) is 2. The van der Waals surface area contributed by atoms with Gasteiger partial charge in [0.25, 0.3) is 0 Å². The summed E-state index contributed by atoms with van der Waals surface area (Å²) < 4.78 is 11.6. The molecule has 0 N–H and O–H groups in total. The molecule has 0 aliphatic heterocycles. The summed E-state index contributed by atoms with van der Waals surface area (Å²) in [5.74, 6) is 1.77. The smallest absolute Gasteiger partial charge is 0.119 e. The Hall–Kier alpha value is -2.99. The minimum Gasteiger partial charge on any atom is -0.494 e. The van der Waals surface area contributed by atoms with E-state index in [2.05, 4.69) is 44.3 Å². The molecule has 0 spiro atoms. The first kappa shape index (κ1) is 26.3. The molecule has 0 unspecified atom stereocenters. The van der Waals surface area contributed by atoms with Gasteiger partial charge in [0.2, 0.25) is 0 Å². The van der Waals surface area contributed by atoms with Crippen LogP contribution in [-0.4, -0.2) is 26.3 Å². The number of hydrogen-bond acceptors (Lipinski definition) is 5. The van der Waals surface area contributed by atoms with Gasteiger partial charge < -0.3 is 9.47 Å². The lowest BCUT2D eigenvalue weighted by Gasteiger charge is -2.08. The van der Waals surface area contributed by atoms with Gasteiger partial charge in [0.05, 0.1) is 13.2 Å². The second kappa shape index (κ2) is 17.6. The molecule has 2 rings (SSSR count). The molecular formula is C24H32N6O2S. The van der Waals surface area contributed by atoms with Crippen LogP contribution in [0.3, 0.4) is 0 Å². The van der Waals surface area contributed by atoms with Gasteiger partial charge in [-0.2, -0.15) is 0 Å². The van der Waals surface area contributed by atoms with Crippen LogP contribution in [0.4, 0.5) is 0 Å². The Kier molecular flexibility index (Phi) is 14.0. The summed E-state index contributed by atoms with van der Waals surface area (Å²) in [6.07, 6.45) is 8.14. The number of hydrogen-bond donors (Lipinski definition) is 0. The van der Waals surface area contributed by atoms with E-state index in [-0.39, 0.29) is 0 Å². The van der Waals surface area contributed by atoms with Crippen molar-refractivity contribution in [1.82, 2.24) is 0 Å². The van der Waals surface area contributed by atoms with E-state index in [0.29, 0.717) is 26.3 Å². The fourth-order valence-electron chi connectivity index (χ4n) is 3.09. The predicted octanol–water partition coefficient (Wildman–Crippen LogP) is 8.34. The van der Waals surface area contributed by atoms with E-state index >= 15 is 0 Å². The van der Waals surface area contributed by atoms with E-state index in [1.807, 2.05) is 24.3 Å². The lowest BCUT2D eigenvalue weighted by Crippen LogP contribution is -1.97. The molecule has 0 saturated carbocycles. The molecule has 0 aliphatic carbocycles. The molecular weight excluding hydrogens is 436 g/mol. The monoisotopic (exact) mass is 468 g/mol. The lowest BCUT2D eigenvalue weighted by molar-refractivity contribution is 0.304. The summed E-state index contributed by atoms with van der Waals surface area (Å²) in [7, 11) is 0. The van der Waals surface area contributed by atoms with Gasteiger partial charge in [-0.05, 0) is 85.3 Å². The zero-order chi connectivity index (χ0) is 23.4. The van der Waals surface area contributed by atoms with Crippen molar-refractivity contribution < 1.29 is 9.47 Å². The molecule has 9 heteroatoms. The maximum atomic E-state index is 8.24. The van der Waals surface area contributed by atoms with Crippen molar-refractivity contribution in [2.24, 2.45) is 10.2 Å². The van der Waals surface area contributed by atoms with Crippen LogP contribution >= 0.6 is 11.8 Å². The van der Waals surface area contributed by atoms with Crippen LogP contribution in [0.1, 0.15) is 51.4 Å². The molecule has 2 aromatic carbocycles. The molecule has 176 valence electrons. The molecule has 0 aromatic heterocycles. The quantitative estimate of drug-likeness (QED) is 0.0946. The summed E-state index contributed by atoms with van der Waals surface area (Å²) in [5.41, 5.74) is 16.5. The standard InChI is InChI=1S/C24H32N6O2S/c25-29-27-17-5-1-3-7-19-31-21-9-13-23(14-10-21)33-24-15-11-22(12-16-24)32-20-8-4-2-6-18-28-30-26/h9-16H,1-8,17-20H2. The van der Waals surface area contributed by atoms with E-state index in [9.17, 15) is 0 Å². The molecule has 0 radical (unpaired) electrons. The van der Waals surface area contributed by atoms with Crippen LogP contribution in [0.2, 0.25) is 0 Å². The highest BCUT2D eigenvalue weighted by molar-refractivity contribution is 7.99. The Bertz CT molecular complexity index is 805. The molecule has 0 bridgehead atoms. The van der Waals surface area contributed by atoms with Crippen LogP contribution in [-0.2, 0) is 0 Å². The second-order valence-electron chi connectivity index (χ2n) is 7.48. The summed E-state index contributed by atoms with van der Waals surface area (Å²) in [6.45, 7) is 2.55. The van der Waals surface area contributed by atoms with Crippen molar-refractivity contribution in [3.63, 3.8) is 0 Å². The van der Waals surface area contributed by atoms with E-state index in [0.717, 1.165) is 72.7 Å². The van der Waals surface area contributed by atoms with Crippen LogP contribution in [0, 0.1) is 0 Å². The van der Waals surface area contributed by atoms with Crippen molar-refractivity contribution >= 4 is 11.8 Å². The third-order valence-electron chi connectivity index (χ3n) is 4.85. The molecule has 0 aliphatic rings. The minimum atomic E-state index is 0.578. The Balaban J connectivity index is 1.60. The van der Waals surface area contributed by atoms with Gasteiger partial charge in [0, 0.05) is 32.7 Å². The summed E-state index contributed by atoms with van der Waals surface area (Å²) in [6, 6.07) is 16.3. The van der Waals surface area contributed by atoms with Gasteiger partial charge in [0.1, 0.15) is 11.5 Å². The third kappa shape index (κ3) is 12.6. The Morgan fingerprint density at radius 3 is 1.36 bits per heavy atom. The van der Waals surface area contributed by atoms with Crippen molar-refractivity contribution in [3.05, 3.63) is 69.4 Å². The average molecular weight is 469 g/mol. The number of benzene rings is 2. The highest BCUT2D eigenvalue weighted by Crippen LogP contribution is 2.30. The lowest BCUT2D eigenvalue weighted by atomic mass is 10.2. The maximum Gasteiger partial charge on any atom is 0.119 e. The van der Waals surface area contributed by atoms with E-state index in [1.54, 1.807) is 11.8 Å². The molecule has 0 heterocycles. The maximum absolute atomic E-state index is 8.24. The van der Waals surface area contributed by atoms with Gasteiger partial charge in [-0.15, -0.1) is 0 Å². The molecule has 0 saturated heterocycles. The fraction of sp³-hybridized carbons (Fsp3) is 0.500. The van der Waals surface area contributed by atoms with Crippen molar-refractivity contribution in [1.29, 1.82) is 0 Å². The highest BCUT2D eigenvalue weighted by atomic mass is 32.2. The second-order valence-corrected chi connectivity index (χ2v) is 8.63. The fourth-order valence-corrected chi connectivity index (χ4v) is 3.91. The van der Waals surface area contributed by atoms with Gasteiger partial charge in [0.15, 0.2) is 0 Å². The third-order valence-corrected chi connectivity index (χ3v) is 5.87. The average Bonchev–Trinajstić information content (AvgIpc) is 2.84. The normalized spacial score (nSPS) is 10.2. The number of azide groups is 2. The number of rotatable bonds is 18. The van der Waals surface area contributed by atoms with E-state index in [1.165, 1.54) is 0 Å². The summed E-state index contributed by atoms with van der Waals surface area (Å²) >= 11 is 1.71. The van der Waals surface area contributed by atoms with Gasteiger partial charge in [-0.25, -0.2) is 0 Å². The molecule has 2 aromatic rings. The highest BCUT2D eigenvalue weighted by Gasteiger charge is 2.01. The van der Waals surface area contributed by atoms with Crippen LogP contribution in [0.25, 0.3) is 20.9 Å². The molecule has 33 heavy (non-hydrogen) atoms. The van der Waals surface area contributed by atoms with Crippen molar-refractivity contribution in [2.75, 3.05) is 26.3 Å². The predicted molar refractivity (Wildman–Crippen MR) is 133 cm³/mol. The minimum absolute atomic E-state index is 0.578. The first-order valence-electron chi connectivity index (χ1n) is 11.5. The van der Waals surface area contributed by atoms with Gasteiger partial charge >= 0.3 is 0 Å². The van der Waals surface area contributed by atoms with Gasteiger partial charge in [-0.1, -0.05) is 47.7 Å². The van der Waals surface area contributed by atoms with Crippen LogP contribution < -0.4 is 9.47 Å². The van der Waals surface area contributed by atoms with E-state index < -0.39 is 0 Å². The Morgan fingerprint density at radius 2 is 0.970 bits per heavy atom. The number of nitrogens with zero attached hydrogens (tertiary/aromatic N) is 6. The first-order chi connectivity index (χ1) is 16.3. The SMILES string of the molecule is [N-]=[N+]=NCCCCCCOc1ccc(Sc2ccc(OCCCCCCN=[N+]=[N-])cc2)cc1. The summed E-state index contributed by atoms with van der Waals surface area (Å²) in [4.78, 5) is 7.83. The zero-order valence-corrected chi connectivity index (χ0v) is 19.8. The number of unbranched alkanes of at least 4 members (excludes halogenated alkanes) is 6. The van der Waals surface area contributed by atoms with E-state index in [4.69, 9.17) is 20.5 Å². The molecule has 0 atom stereocenters.